The van der Waals surface area contributed by atoms with Gasteiger partial charge in [-0.15, -0.1) is 0 Å². The molecule has 1 aliphatic heterocycles. The minimum atomic E-state index is -5.06. The molecule has 1 fully saturated rings. The van der Waals surface area contributed by atoms with Gasteiger partial charge < -0.3 is 34.3 Å². The van der Waals surface area contributed by atoms with Crippen LogP contribution in [0, 0.1) is 0 Å². The van der Waals surface area contributed by atoms with Crippen molar-refractivity contribution in [1.29, 1.82) is 0 Å². The normalized spacial score (nSPS) is 19.8. The molecule has 0 spiro atoms. The Hall–Kier alpha value is -1.42. The third kappa shape index (κ3) is 37.2. The summed E-state index contributed by atoms with van der Waals surface area (Å²) in [5.41, 5.74) is 0. The van der Waals surface area contributed by atoms with E-state index in [1.54, 1.807) is 0 Å². The topological polar surface area (TPSA) is 178 Å². The lowest BCUT2D eigenvalue weighted by Crippen LogP contribution is -2.60. The molecular formula is C52H98O12S. The first-order valence-corrected chi connectivity index (χ1v) is 28.0. The number of aliphatic hydroxyl groups excluding tert-OH is 3. The molecule has 1 heterocycles. The Balaban J connectivity index is 2.31. The first-order valence-electron chi connectivity index (χ1n) is 26.6. The van der Waals surface area contributed by atoms with Crippen molar-refractivity contribution in [2.24, 2.45) is 0 Å². The van der Waals surface area contributed by atoms with Gasteiger partial charge in [-0.05, 0) is 38.5 Å². The van der Waals surface area contributed by atoms with E-state index in [-0.39, 0.29) is 19.6 Å². The number of hydrogen-bond acceptors (Lipinski definition) is 11. The molecule has 13 heteroatoms. The van der Waals surface area contributed by atoms with Gasteiger partial charge in [-0.25, -0.2) is 4.18 Å². The van der Waals surface area contributed by atoms with Crippen LogP contribution in [0.2, 0.25) is 0 Å². The highest BCUT2D eigenvalue weighted by molar-refractivity contribution is 7.80. The zero-order valence-electron chi connectivity index (χ0n) is 41.3. The van der Waals surface area contributed by atoms with Crippen LogP contribution in [0.25, 0.3) is 0 Å². The van der Waals surface area contributed by atoms with Gasteiger partial charge in [0.1, 0.15) is 30.5 Å². The smallest absolute Gasteiger partial charge is 0.397 e. The average molecular weight is 947 g/mol. The van der Waals surface area contributed by atoms with Crippen LogP contribution in [0.5, 0.6) is 0 Å². The van der Waals surface area contributed by atoms with Crippen molar-refractivity contribution in [3.63, 3.8) is 0 Å². The minimum Gasteiger partial charge on any atom is -0.457 e. The Kier molecular flexibility index (Phi) is 41.5. The van der Waals surface area contributed by atoms with Crippen LogP contribution in [0.15, 0.2) is 24.3 Å². The number of hydrogen-bond donors (Lipinski definition) is 4. The maximum atomic E-state index is 12.9. The Labute approximate surface area is 397 Å². The molecule has 0 aromatic heterocycles. The molecule has 4 N–H and O–H groups in total. The van der Waals surface area contributed by atoms with E-state index >= 15 is 0 Å². The molecule has 0 aromatic rings. The first-order chi connectivity index (χ1) is 31.6. The largest absolute Gasteiger partial charge is 0.457 e. The Bertz CT molecular complexity index is 1230. The SMILES string of the molecule is CCCC/C=C\C/C=C\CCCCCCCCOCC(COC1OC(CO)C(O)C(OS(=O)(=O)O)C1O)OC(=O)CCCCCCCCCCCCCCCCCCCCCCCCC. The lowest BCUT2D eigenvalue weighted by molar-refractivity contribution is -0.301. The van der Waals surface area contributed by atoms with Crippen LogP contribution in [0.3, 0.4) is 0 Å². The molecule has 0 radical (unpaired) electrons. The van der Waals surface area contributed by atoms with Crippen LogP contribution in [-0.2, 0) is 38.3 Å². The van der Waals surface area contributed by atoms with E-state index in [1.807, 2.05) is 0 Å². The minimum absolute atomic E-state index is 0.0328. The number of ether oxygens (including phenoxy) is 4. The van der Waals surface area contributed by atoms with E-state index in [0.29, 0.717) is 13.0 Å². The zero-order valence-corrected chi connectivity index (χ0v) is 42.1. The number of rotatable bonds is 47. The van der Waals surface area contributed by atoms with Crippen LogP contribution >= 0.6 is 0 Å². The second-order valence-corrected chi connectivity index (χ2v) is 19.5. The van der Waals surface area contributed by atoms with Crippen molar-refractivity contribution < 1.29 is 56.2 Å². The molecule has 0 amide bonds. The number of unbranched alkanes of at least 4 members (excludes halogenated alkanes) is 30. The quantitative estimate of drug-likeness (QED) is 0.0197. The second-order valence-electron chi connectivity index (χ2n) is 18.5. The highest BCUT2D eigenvalue weighted by atomic mass is 32.3. The number of carbonyl (C=O) groups is 1. The van der Waals surface area contributed by atoms with Gasteiger partial charge in [-0.2, -0.15) is 8.42 Å². The average Bonchev–Trinajstić information content (AvgIpc) is 3.28. The number of allylic oxidation sites excluding steroid dienone is 4. The van der Waals surface area contributed by atoms with Crippen LogP contribution in [0.1, 0.15) is 239 Å². The van der Waals surface area contributed by atoms with Crippen LogP contribution in [-0.4, -0.2) is 97.5 Å². The summed E-state index contributed by atoms with van der Waals surface area (Å²) < 4.78 is 59.3. The summed E-state index contributed by atoms with van der Waals surface area (Å²) in [7, 11) is -5.06. The number of aliphatic hydroxyl groups is 3. The fraction of sp³-hybridized carbons (Fsp3) is 0.904. The molecule has 0 saturated carbocycles. The third-order valence-corrected chi connectivity index (χ3v) is 12.8. The molecule has 0 aromatic carbocycles. The predicted octanol–water partition coefficient (Wildman–Crippen LogP) is 12.4. The standard InChI is InChI=1S/C52H98O12S/c1-3-5-7-9-11-13-15-17-19-20-21-22-23-24-25-26-27-29-31-33-35-37-39-41-48(54)62-46(45-61-52-50(56)51(64-65(57,58)59)49(55)47(43-53)63-52)44-60-42-40-38-36-34-32-30-28-18-16-14-12-10-8-6-4-2/h10,12,16,18,46-47,49-53,55-56H,3-9,11,13-15,17,19-45H2,1-2H3,(H,57,58,59)/b12-10-,18-16-. The van der Waals surface area contributed by atoms with Gasteiger partial charge in [-0.3, -0.25) is 9.35 Å². The van der Waals surface area contributed by atoms with Crippen molar-refractivity contribution in [3.8, 4) is 0 Å². The molecule has 6 atom stereocenters. The number of carbonyl (C=O) groups excluding carboxylic acids is 1. The van der Waals surface area contributed by atoms with E-state index in [0.717, 1.165) is 64.2 Å². The van der Waals surface area contributed by atoms with E-state index in [9.17, 15) is 33.1 Å². The molecule has 6 unspecified atom stereocenters. The summed E-state index contributed by atoms with van der Waals surface area (Å²) in [4.78, 5) is 12.9. The van der Waals surface area contributed by atoms with Gasteiger partial charge in [-0.1, -0.05) is 218 Å². The Morgan fingerprint density at radius 3 is 1.51 bits per heavy atom. The second kappa shape index (κ2) is 43.8. The van der Waals surface area contributed by atoms with Gasteiger partial charge in [0.15, 0.2) is 6.29 Å². The molecule has 1 aliphatic rings. The van der Waals surface area contributed by atoms with Crippen LogP contribution in [0.4, 0.5) is 0 Å². The Morgan fingerprint density at radius 1 is 0.585 bits per heavy atom. The van der Waals surface area contributed by atoms with Gasteiger partial charge in [0.2, 0.25) is 0 Å². The fourth-order valence-corrected chi connectivity index (χ4v) is 8.79. The van der Waals surface area contributed by atoms with Gasteiger partial charge >= 0.3 is 16.4 Å². The van der Waals surface area contributed by atoms with Crippen molar-refractivity contribution >= 4 is 16.4 Å². The van der Waals surface area contributed by atoms with E-state index in [4.69, 9.17) is 18.9 Å². The lowest BCUT2D eigenvalue weighted by Gasteiger charge is -2.41. The summed E-state index contributed by atoms with van der Waals surface area (Å²) in [5, 5.41) is 30.8. The first kappa shape index (κ1) is 61.6. The molecule has 0 aliphatic carbocycles. The van der Waals surface area contributed by atoms with Crippen molar-refractivity contribution in [1.82, 2.24) is 0 Å². The molecular weight excluding hydrogens is 849 g/mol. The van der Waals surface area contributed by atoms with Crippen molar-refractivity contribution in [2.75, 3.05) is 26.4 Å². The summed E-state index contributed by atoms with van der Waals surface area (Å²) in [6.45, 7) is 3.97. The van der Waals surface area contributed by atoms with Gasteiger partial charge in [0.05, 0.1) is 19.8 Å². The summed E-state index contributed by atoms with van der Waals surface area (Å²) in [6.07, 6.45) is 42.2. The maximum Gasteiger partial charge on any atom is 0.397 e. The summed E-state index contributed by atoms with van der Waals surface area (Å²) in [6, 6.07) is 0. The third-order valence-electron chi connectivity index (χ3n) is 12.3. The molecule has 1 rings (SSSR count). The molecule has 65 heavy (non-hydrogen) atoms. The molecule has 0 bridgehead atoms. The Morgan fingerprint density at radius 2 is 1.03 bits per heavy atom. The zero-order chi connectivity index (χ0) is 47.5. The molecule has 12 nitrogen and oxygen atoms in total. The monoisotopic (exact) mass is 947 g/mol. The van der Waals surface area contributed by atoms with Gasteiger partial charge in [0.25, 0.3) is 0 Å². The molecule has 384 valence electrons. The lowest BCUT2D eigenvalue weighted by atomic mass is 9.99. The van der Waals surface area contributed by atoms with E-state index in [2.05, 4.69) is 42.3 Å². The van der Waals surface area contributed by atoms with E-state index in [1.165, 1.54) is 148 Å². The maximum absolute atomic E-state index is 12.9. The van der Waals surface area contributed by atoms with Crippen molar-refractivity contribution in [3.05, 3.63) is 24.3 Å². The highest BCUT2D eigenvalue weighted by Gasteiger charge is 2.48. The number of esters is 1. The molecule has 1 saturated heterocycles. The fourth-order valence-electron chi connectivity index (χ4n) is 8.28. The summed E-state index contributed by atoms with van der Waals surface area (Å²) >= 11 is 0. The highest BCUT2D eigenvalue weighted by Crippen LogP contribution is 2.26. The predicted molar refractivity (Wildman–Crippen MR) is 262 cm³/mol. The van der Waals surface area contributed by atoms with Crippen LogP contribution < -0.4 is 0 Å². The van der Waals surface area contributed by atoms with Gasteiger partial charge in [0, 0.05) is 13.0 Å². The summed E-state index contributed by atoms with van der Waals surface area (Å²) in [5.74, 6) is -0.398. The van der Waals surface area contributed by atoms with Crippen molar-refractivity contribution in [2.45, 2.75) is 275 Å². The van der Waals surface area contributed by atoms with E-state index < -0.39 is 59.8 Å².